The number of ether oxygens (including phenoxy) is 2. The number of carbonyl (C=O) groups is 3. The SMILES string of the molecule is CCOC(=N)c1ccc(C2(C)NC(=O)N(CC(=O)OC)C2=O)cc1. The quantitative estimate of drug-likeness (QED) is 0.361. The standard InChI is InChI=1S/C16H19N3O5/c1-4-24-13(17)10-5-7-11(8-6-10)16(2)14(21)19(15(22)18-16)9-12(20)23-3/h5-8,17H,4,9H2,1-3H3,(H,18,22). The Labute approximate surface area is 139 Å². The van der Waals surface area contributed by atoms with Crippen LogP contribution in [0.3, 0.4) is 0 Å². The van der Waals surface area contributed by atoms with E-state index in [0.717, 1.165) is 4.90 Å². The number of urea groups is 1. The number of amides is 3. The second-order valence-corrected chi connectivity index (χ2v) is 5.36. The molecule has 1 aromatic rings. The summed E-state index contributed by atoms with van der Waals surface area (Å²) in [4.78, 5) is 36.8. The van der Waals surface area contributed by atoms with E-state index in [1.165, 1.54) is 7.11 Å². The number of benzene rings is 1. The van der Waals surface area contributed by atoms with Crippen molar-refractivity contribution in [2.24, 2.45) is 0 Å². The van der Waals surface area contributed by atoms with Crippen LogP contribution in [0.1, 0.15) is 25.0 Å². The fourth-order valence-electron chi connectivity index (χ4n) is 2.41. The number of imide groups is 1. The number of hydrogen-bond acceptors (Lipinski definition) is 6. The molecule has 0 bridgehead atoms. The lowest BCUT2D eigenvalue weighted by atomic mass is 9.91. The molecule has 2 N–H and O–H groups in total. The van der Waals surface area contributed by atoms with Crippen LogP contribution in [0.2, 0.25) is 0 Å². The summed E-state index contributed by atoms with van der Waals surface area (Å²) in [7, 11) is 1.19. The van der Waals surface area contributed by atoms with E-state index in [1.807, 2.05) is 0 Å². The highest BCUT2D eigenvalue weighted by molar-refractivity contribution is 6.08. The molecular weight excluding hydrogens is 314 g/mol. The van der Waals surface area contributed by atoms with Crippen LogP contribution >= 0.6 is 0 Å². The van der Waals surface area contributed by atoms with Crippen LogP contribution in [0.5, 0.6) is 0 Å². The maximum absolute atomic E-state index is 12.6. The topological polar surface area (TPSA) is 109 Å². The number of carbonyl (C=O) groups excluding carboxylic acids is 3. The average Bonchev–Trinajstić information content (AvgIpc) is 2.79. The minimum Gasteiger partial charge on any atom is -0.478 e. The number of esters is 1. The lowest BCUT2D eigenvalue weighted by Gasteiger charge is -2.22. The predicted octanol–water partition coefficient (Wildman–Crippen LogP) is 0.988. The highest BCUT2D eigenvalue weighted by Crippen LogP contribution is 2.29. The van der Waals surface area contributed by atoms with Crippen LogP contribution in [0, 0.1) is 5.41 Å². The molecule has 1 aromatic carbocycles. The van der Waals surface area contributed by atoms with Crippen molar-refractivity contribution in [3.05, 3.63) is 35.4 Å². The summed E-state index contributed by atoms with van der Waals surface area (Å²) in [5.74, 6) is -1.18. The van der Waals surface area contributed by atoms with Crippen molar-refractivity contribution >= 4 is 23.8 Å². The summed E-state index contributed by atoms with van der Waals surface area (Å²) in [6, 6.07) is 5.91. The molecule has 1 aliphatic rings. The molecule has 1 saturated heterocycles. The van der Waals surface area contributed by atoms with E-state index in [0.29, 0.717) is 17.7 Å². The zero-order chi connectivity index (χ0) is 17.9. The first-order valence-corrected chi connectivity index (χ1v) is 7.36. The van der Waals surface area contributed by atoms with Crippen LogP contribution in [0.15, 0.2) is 24.3 Å². The third kappa shape index (κ3) is 3.08. The summed E-state index contributed by atoms with van der Waals surface area (Å²) < 4.78 is 9.61. The van der Waals surface area contributed by atoms with Gasteiger partial charge >= 0.3 is 12.0 Å². The summed E-state index contributed by atoms with van der Waals surface area (Å²) in [5.41, 5.74) is -0.175. The molecule has 1 unspecified atom stereocenters. The van der Waals surface area contributed by atoms with Crippen LogP contribution in [-0.2, 0) is 24.6 Å². The zero-order valence-electron chi connectivity index (χ0n) is 13.7. The van der Waals surface area contributed by atoms with Crippen LogP contribution in [0.25, 0.3) is 0 Å². The second kappa shape index (κ2) is 6.69. The van der Waals surface area contributed by atoms with Gasteiger partial charge in [-0.15, -0.1) is 0 Å². The Morgan fingerprint density at radius 1 is 1.29 bits per heavy atom. The Balaban J connectivity index is 2.24. The number of hydrogen-bond donors (Lipinski definition) is 2. The largest absolute Gasteiger partial charge is 0.478 e. The van der Waals surface area contributed by atoms with Crippen molar-refractivity contribution in [1.82, 2.24) is 10.2 Å². The highest BCUT2D eigenvalue weighted by Gasteiger charge is 2.49. The molecule has 8 heteroatoms. The van der Waals surface area contributed by atoms with Gasteiger partial charge in [0.15, 0.2) is 0 Å². The monoisotopic (exact) mass is 333 g/mol. The van der Waals surface area contributed by atoms with Gasteiger partial charge < -0.3 is 14.8 Å². The second-order valence-electron chi connectivity index (χ2n) is 5.36. The van der Waals surface area contributed by atoms with Gasteiger partial charge in [-0.1, -0.05) is 12.1 Å². The van der Waals surface area contributed by atoms with E-state index in [9.17, 15) is 14.4 Å². The smallest absolute Gasteiger partial charge is 0.325 e. The molecule has 3 amide bonds. The van der Waals surface area contributed by atoms with Gasteiger partial charge in [0.1, 0.15) is 12.1 Å². The number of rotatable bonds is 5. The Morgan fingerprint density at radius 3 is 2.46 bits per heavy atom. The van der Waals surface area contributed by atoms with Crippen LogP contribution in [-0.4, -0.2) is 49.0 Å². The Morgan fingerprint density at radius 2 is 1.92 bits per heavy atom. The number of methoxy groups -OCH3 is 1. The van der Waals surface area contributed by atoms with E-state index >= 15 is 0 Å². The van der Waals surface area contributed by atoms with Crippen LogP contribution in [0.4, 0.5) is 4.79 Å². The molecule has 0 aromatic heterocycles. The third-order valence-corrected chi connectivity index (χ3v) is 3.80. The van der Waals surface area contributed by atoms with Gasteiger partial charge in [0.25, 0.3) is 5.91 Å². The normalized spacial score (nSPS) is 19.9. The predicted molar refractivity (Wildman–Crippen MR) is 84.5 cm³/mol. The molecule has 128 valence electrons. The summed E-state index contributed by atoms with van der Waals surface area (Å²) in [6.45, 7) is 3.29. The summed E-state index contributed by atoms with van der Waals surface area (Å²) >= 11 is 0. The molecule has 1 fully saturated rings. The lowest BCUT2D eigenvalue weighted by molar-refractivity contribution is -0.145. The Kier molecular flexibility index (Phi) is 4.87. The number of nitrogens with one attached hydrogen (secondary N) is 2. The van der Waals surface area contributed by atoms with Crippen molar-refractivity contribution in [3.63, 3.8) is 0 Å². The molecule has 0 saturated carbocycles. The van der Waals surface area contributed by atoms with Crippen molar-refractivity contribution in [3.8, 4) is 0 Å². The zero-order valence-corrected chi connectivity index (χ0v) is 13.7. The maximum atomic E-state index is 12.6. The molecule has 0 radical (unpaired) electrons. The Hall–Kier alpha value is -2.90. The van der Waals surface area contributed by atoms with E-state index in [2.05, 4.69) is 10.1 Å². The lowest BCUT2D eigenvalue weighted by Crippen LogP contribution is -2.41. The van der Waals surface area contributed by atoms with Gasteiger partial charge in [-0.2, -0.15) is 0 Å². The first-order chi connectivity index (χ1) is 11.3. The minimum absolute atomic E-state index is 0.0308. The van der Waals surface area contributed by atoms with E-state index < -0.39 is 30.0 Å². The van der Waals surface area contributed by atoms with E-state index in [1.54, 1.807) is 38.1 Å². The first kappa shape index (κ1) is 17.5. The average molecular weight is 333 g/mol. The van der Waals surface area contributed by atoms with Gasteiger partial charge in [0, 0.05) is 5.56 Å². The molecule has 1 heterocycles. The summed E-state index contributed by atoms with van der Waals surface area (Å²) in [5, 5.41) is 10.3. The maximum Gasteiger partial charge on any atom is 0.325 e. The Bertz CT molecular complexity index is 685. The molecule has 8 nitrogen and oxygen atoms in total. The van der Waals surface area contributed by atoms with Gasteiger partial charge in [-0.05, 0) is 31.5 Å². The fraction of sp³-hybridized carbons (Fsp3) is 0.375. The third-order valence-electron chi connectivity index (χ3n) is 3.80. The van der Waals surface area contributed by atoms with Gasteiger partial charge in [0.2, 0.25) is 5.90 Å². The van der Waals surface area contributed by atoms with E-state index in [-0.39, 0.29) is 5.90 Å². The molecule has 1 aliphatic heterocycles. The van der Waals surface area contributed by atoms with Gasteiger partial charge in [-0.3, -0.25) is 19.9 Å². The molecule has 2 rings (SSSR count). The van der Waals surface area contributed by atoms with Crippen molar-refractivity contribution in [2.75, 3.05) is 20.3 Å². The molecule has 0 spiro atoms. The summed E-state index contributed by atoms with van der Waals surface area (Å²) in [6.07, 6.45) is 0. The van der Waals surface area contributed by atoms with Crippen molar-refractivity contribution in [1.29, 1.82) is 5.41 Å². The van der Waals surface area contributed by atoms with Crippen LogP contribution < -0.4 is 5.32 Å². The van der Waals surface area contributed by atoms with E-state index in [4.69, 9.17) is 10.1 Å². The van der Waals surface area contributed by atoms with Crippen molar-refractivity contribution < 1.29 is 23.9 Å². The van der Waals surface area contributed by atoms with Gasteiger partial charge in [0.05, 0.1) is 13.7 Å². The minimum atomic E-state index is -1.28. The molecule has 1 atom stereocenters. The fourth-order valence-corrected chi connectivity index (χ4v) is 2.41. The highest BCUT2D eigenvalue weighted by atomic mass is 16.5. The molecule has 0 aliphatic carbocycles. The molecule has 24 heavy (non-hydrogen) atoms. The number of nitrogens with zero attached hydrogens (tertiary/aromatic N) is 1. The van der Waals surface area contributed by atoms with Crippen molar-refractivity contribution in [2.45, 2.75) is 19.4 Å². The first-order valence-electron chi connectivity index (χ1n) is 7.36. The van der Waals surface area contributed by atoms with Gasteiger partial charge in [-0.25, -0.2) is 4.79 Å². The molecular formula is C16H19N3O5.